The van der Waals surface area contributed by atoms with Crippen LogP contribution in [-0.4, -0.2) is 58.1 Å². The molecule has 1 saturated heterocycles. The van der Waals surface area contributed by atoms with Crippen molar-refractivity contribution < 1.29 is 19.1 Å². The van der Waals surface area contributed by atoms with E-state index in [-0.39, 0.29) is 42.6 Å². The molecule has 1 aromatic carbocycles. The average Bonchev–Trinajstić information content (AvgIpc) is 3.21. The maximum Gasteiger partial charge on any atom is 0.262 e. The summed E-state index contributed by atoms with van der Waals surface area (Å²) in [5.41, 5.74) is 0.265. The highest BCUT2D eigenvalue weighted by Gasteiger charge is 2.26. The molecule has 3 aromatic rings. The van der Waals surface area contributed by atoms with Crippen molar-refractivity contribution in [1.82, 2.24) is 19.8 Å². The molecule has 0 aliphatic carbocycles. The van der Waals surface area contributed by atoms with Gasteiger partial charge in [0, 0.05) is 12.6 Å². The molecule has 4 heterocycles. The van der Waals surface area contributed by atoms with Crippen molar-refractivity contribution in [1.29, 1.82) is 0 Å². The molecule has 0 spiro atoms. The second kappa shape index (κ2) is 9.69. The summed E-state index contributed by atoms with van der Waals surface area (Å²) in [4.78, 5) is 46.1. The first-order valence-electron chi connectivity index (χ1n) is 11.9. The minimum Gasteiger partial charge on any atom is -0.486 e. The van der Waals surface area contributed by atoms with Crippen molar-refractivity contribution in [3.63, 3.8) is 0 Å². The molecule has 0 bridgehead atoms. The third kappa shape index (κ3) is 4.62. The van der Waals surface area contributed by atoms with Gasteiger partial charge in [0.25, 0.3) is 11.5 Å². The van der Waals surface area contributed by atoms with Crippen molar-refractivity contribution in [3.05, 3.63) is 51.4 Å². The Bertz CT molecular complexity index is 1330. The molecule has 2 atom stereocenters. The van der Waals surface area contributed by atoms with Gasteiger partial charge in [-0.1, -0.05) is 12.1 Å². The van der Waals surface area contributed by atoms with E-state index in [1.807, 2.05) is 36.1 Å². The van der Waals surface area contributed by atoms with Crippen LogP contribution in [0.25, 0.3) is 10.2 Å². The Morgan fingerprint density at radius 2 is 2.03 bits per heavy atom. The Labute approximate surface area is 206 Å². The third-order valence-corrected chi connectivity index (χ3v) is 7.81. The van der Waals surface area contributed by atoms with Gasteiger partial charge in [-0.3, -0.25) is 19.0 Å². The highest BCUT2D eigenvalue weighted by atomic mass is 32.1. The fourth-order valence-corrected chi connectivity index (χ4v) is 5.70. The lowest BCUT2D eigenvalue weighted by molar-refractivity contribution is -0.135. The number of aromatic nitrogens is 2. The van der Waals surface area contributed by atoms with E-state index in [1.54, 1.807) is 6.92 Å². The fourth-order valence-electron chi connectivity index (χ4n) is 4.64. The molecule has 2 amide bonds. The number of aryl methyl sites for hydroxylation is 1. The number of para-hydroxylation sites is 2. The summed E-state index contributed by atoms with van der Waals surface area (Å²) in [6, 6.07) is 7.58. The quantitative estimate of drug-likeness (QED) is 0.583. The molecule has 2 aromatic heterocycles. The predicted octanol–water partition coefficient (Wildman–Crippen LogP) is 2.74. The molecule has 184 valence electrons. The van der Waals surface area contributed by atoms with Crippen LogP contribution in [0.3, 0.4) is 0 Å². The zero-order valence-corrected chi connectivity index (χ0v) is 20.6. The van der Waals surface area contributed by atoms with Gasteiger partial charge in [-0.25, -0.2) is 4.98 Å². The van der Waals surface area contributed by atoms with Crippen molar-refractivity contribution in [2.24, 2.45) is 0 Å². The van der Waals surface area contributed by atoms with Crippen LogP contribution in [0.1, 0.15) is 41.4 Å². The summed E-state index contributed by atoms with van der Waals surface area (Å²) in [5, 5.41) is 3.27. The zero-order valence-electron chi connectivity index (χ0n) is 19.8. The van der Waals surface area contributed by atoms with Crippen LogP contribution in [0, 0.1) is 6.92 Å². The van der Waals surface area contributed by atoms with Crippen LogP contribution in [0.2, 0.25) is 0 Å². The van der Waals surface area contributed by atoms with E-state index in [4.69, 9.17) is 9.47 Å². The molecule has 2 aliphatic rings. The van der Waals surface area contributed by atoms with Crippen molar-refractivity contribution in [3.8, 4) is 11.5 Å². The van der Waals surface area contributed by atoms with Crippen LogP contribution in [0.15, 0.2) is 35.4 Å². The number of likely N-dealkylation sites (tertiary alicyclic amines) is 1. The molecule has 9 nitrogen and oxygen atoms in total. The van der Waals surface area contributed by atoms with Crippen molar-refractivity contribution in [2.45, 2.75) is 51.8 Å². The van der Waals surface area contributed by atoms with Crippen LogP contribution < -0.4 is 20.3 Å². The molecular weight excluding hydrogens is 468 g/mol. The van der Waals surface area contributed by atoms with Gasteiger partial charge in [0.1, 0.15) is 24.1 Å². The van der Waals surface area contributed by atoms with E-state index in [1.165, 1.54) is 22.2 Å². The van der Waals surface area contributed by atoms with E-state index in [9.17, 15) is 14.4 Å². The molecule has 10 heteroatoms. The number of carbonyl (C=O) groups is 2. The summed E-state index contributed by atoms with van der Waals surface area (Å²) >= 11 is 1.17. The lowest BCUT2D eigenvalue weighted by Crippen LogP contribution is -2.44. The summed E-state index contributed by atoms with van der Waals surface area (Å²) in [6.07, 6.45) is 4.16. The number of piperidine rings is 1. The molecule has 35 heavy (non-hydrogen) atoms. The van der Waals surface area contributed by atoms with E-state index in [0.717, 1.165) is 19.3 Å². The minimum atomic E-state index is -0.318. The van der Waals surface area contributed by atoms with Gasteiger partial charge in [0.2, 0.25) is 5.91 Å². The largest absolute Gasteiger partial charge is 0.486 e. The molecule has 5 rings (SSSR count). The number of nitrogens with zero attached hydrogens (tertiary/aromatic N) is 3. The number of amides is 2. The first kappa shape index (κ1) is 23.3. The highest BCUT2D eigenvalue weighted by Crippen LogP contribution is 2.31. The Hall–Kier alpha value is -3.40. The number of thiophene rings is 1. The van der Waals surface area contributed by atoms with Crippen LogP contribution >= 0.6 is 11.3 Å². The molecule has 0 saturated carbocycles. The van der Waals surface area contributed by atoms with Crippen LogP contribution in [0.5, 0.6) is 11.5 Å². The summed E-state index contributed by atoms with van der Waals surface area (Å²) in [7, 11) is 0. The van der Waals surface area contributed by atoms with Gasteiger partial charge < -0.3 is 19.7 Å². The second-order valence-electron chi connectivity index (χ2n) is 9.05. The molecule has 1 fully saturated rings. The minimum absolute atomic E-state index is 0.0522. The van der Waals surface area contributed by atoms with Gasteiger partial charge in [0.15, 0.2) is 11.5 Å². The molecule has 0 unspecified atom stereocenters. The van der Waals surface area contributed by atoms with Gasteiger partial charge in [-0.15, -0.1) is 11.3 Å². The summed E-state index contributed by atoms with van der Waals surface area (Å²) in [5.74, 6) is 0.958. The number of ether oxygens (including phenoxy) is 2. The third-order valence-electron chi connectivity index (χ3n) is 6.61. The number of nitrogens with one attached hydrogen (secondary N) is 1. The van der Waals surface area contributed by atoms with E-state index < -0.39 is 0 Å². The number of carbonyl (C=O) groups excluding carboxylic acids is 2. The lowest BCUT2D eigenvalue weighted by Gasteiger charge is -2.33. The van der Waals surface area contributed by atoms with E-state index in [2.05, 4.69) is 10.3 Å². The summed E-state index contributed by atoms with van der Waals surface area (Å²) < 4.78 is 12.9. The monoisotopic (exact) mass is 496 g/mol. The fraction of sp³-hybridized carbons (Fsp3) is 0.440. The number of fused-ring (bicyclic) bond motifs is 2. The van der Waals surface area contributed by atoms with Crippen molar-refractivity contribution >= 4 is 33.4 Å². The average molecular weight is 497 g/mol. The lowest BCUT2D eigenvalue weighted by atomic mass is 10.0. The van der Waals surface area contributed by atoms with Crippen LogP contribution in [-0.2, 0) is 11.3 Å². The first-order valence-corrected chi connectivity index (χ1v) is 12.7. The van der Waals surface area contributed by atoms with Crippen molar-refractivity contribution in [2.75, 3.05) is 19.7 Å². The first-order chi connectivity index (χ1) is 16.9. The van der Waals surface area contributed by atoms with Gasteiger partial charge in [-0.05, 0) is 50.8 Å². The number of hydrogen-bond donors (Lipinski definition) is 1. The Morgan fingerprint density at radius 3 is 2.83 bits per heavy atom. The molecule has 0 radical (unpaired) electrons. The Morgan fingerprint density at radius 1 is 1.23 bits per heavy atom. The molecular formula is C25H28N4O5S. The SMILES string of the molecule is Cc1c(C(=O)NC[C@@H]2COc3ccccc3O2)sc2ncn(CC(=O)N3CCCC[C@@H]3C)c(=O)c12. The summed E-state index contributed by atoms with van der Waals surface area (Å²) in [6.45, 7) is 5.04. The predicted molar refractivity (Wildman–Crippen MR) is 132 cm³/mol. The second-order valence-corrected chi connectivity index (χ2v) is 10.1. The van der Waals surface area contributed by atoms with E-state index >= 15 is 0 Å². The number of benzene rings is 1. The highest BCUT2D eigenvalue weighted by molar-refractivity contribution is 7.20. The standard InChI is InChI=1S/C25H28N4O5S/c1-15-7-5-6-10-29(15)20(30)12-28-14-27-24-21(25(28)32)16(2)22(35-24)23(31)26-11-17-13-33-18-8-3-4-9-19(18)34-17/h3-4,8-9,14-15,17H,5-7,10-13H2,1-2H3,(H,26,31)/t15-,17+/m0/s1. The van der Waals surface area contributed by atoms with Crippen LogP contribution in [0.4, 0.5) is 0 Å². The van der Waals surface area contributed by atoms with Gasteiger partial charge in [0.05, 0.1) is 23.1 Å². The number of hydrogen-bond acceptors (Lipinski definition) is 7. The molecule has 2 aliphatic heterocycles. The Balaban J connectivity index is 1.29. The topological polar surface area (TPSA) is 103 Å². The normalized spacial score (nSPS) is 19.5. The Kier molecular flexibility index (Phi) is 6.46. The van der Waals surface area contributed by atoms with E-state index in [0.29, 0.717) is 45.3 Å². The van der Waals surface area contributed by atoms with Gasteiger partial charge in [-0.2, -0.15) is 0 Å². The molecule has 1 N–H and O–H groups in total. The maximum absolute atomic E-state index is 13.2. The number of rotatable bonds is 5. The smallest absolute Gasteiger partial charge is 0.262 e. The van der Waals surface area contributed by atoms with Gasteiger partial charge >= 0.3 is 0 Å². The maximum atomic E-state index is 13.2. The zero-order chi connectivity index (χ0) is 24.5.